The molecule has 0 spiro atoms. The number of hydrogen-bond acceptors (Lipinski definition) is 6. The highest BCUT2D eigenvalue weighted by atomic mass is 32.1. The van der Waals surface area contributed by atoms with E-state index in [2.05, 4.69) is 37.1 Å². The van der Waals surface area contributed by atoms with Crippen molar-refractivity contribution in [1.29, 1.82) is 0 Å². The zero-order valence-electron chi connectivity index (χ0n) is 18.1. The molecule has 6 nitrogen and oxygen atoms in total. The Kier molecular flexibility index (Phi) is 7.03. The van der Waals surface area contributed by atoms with Crippen LogP contribution in [0.15, 0.2) is 18.2 Å². The monoisotopic (exact) mass is 416 g/mol. The summed E-state index contributed by atoms with van der Waals surface area (Å²) < 4.78 is 1.12. The molecule has 158 valence electrons. The first-order valence-electron chi connectivity index (χ1n) is 10.3. The standard InChI is InChI=1S/C22H32N4O2S/c1-14(2)21(25(4)5)22(28)26-10-6-7-19(26)23-13-16(27)12-20-24-17-9-8-15(3)11-18(17)29-20/h8-9,11,14,19,21,23H,6-7,10,12-13H2,1-5H3/t19-,21+/m1/s1. The summed E-state index contributed by atoms with van der Waals surface area (Å²) in [5.41, 5.74) is 2.15. The van der Waals surface area contributed by atoms with E-state index in [4.69, 9.17) is 0 Å². The highest BCUT2D eigenvalue weighted by molar-refractivity contribution is 7.18. The van der Waals surface area contributed by atoms with E-state index in [0.29, 0.717) is 6.42 Å². The van der Waals surface area contributed by atoms with Crippen LogP contribution in [0.4, 0.5) is 0 Å². The highest BCUT2D eigenvalue weighted by Crippen LogP contribution is 2.24. The van der Waals surface area contributed by atoms with Crippen molar-refractivity contribution in [1.82, 2.24) is 20.1 Å². The number of aryl methyl sites for hydroxylation is 1. The van der Waals surface area contributed by atoms with E-state index >= 15 is 0 Å². The van der Waals surface area contributed by atoms with Crippen LogP contribution in [0, 0.1) is 12.8 Å². The van der Waals surface area contributed by atoms with E-state index in [1.807, 2.05) is 36.0 Å². The van der Waals surface area contributed by atoms with Crippen molar-refractivity contribution in [3.05, 3.63) is 28.8 Å². The zero-order chi connectivity index (χ0) is 21.1. The molecule has 0 saturated carbocycles. The number of benzene rings is 1. The van der Waals surface area contributed by atoms with E-state index in [1.165, 1.54) is 5.56 Å². The van der Waals surface area contributed by atoms with Crippen LogP contribution >= 0.6 is 11.3 Å². The number of ketones is 1. The minimum Gasteiger partial charge on any atom is -0.326 e. The van der Waals surface area contributed by atoms with Gasteiger partial charge in [-0.15, -0.1) is 11.3 Å². The number of amides is 1. The number of aromatic nitrogens is 1. The molecule has 0 aliphatic carbocycles. The largest absolute Gasteiger partial charge is 0.326 e. The number of fused-ring (bicyclic) bond motifs is 1. The Balaban J connectivity index is 1.57. The summed E-state index contributed by atoms with van der Waals surface area (Å²) in [6.07, 6.45) is 2.12. The summed E-state index contributed by atoms with van der Waals surface area (Å²) in [7, 11) is 3.90. The average molecular weight is 417 g/mol. The number of likely N-dealkylation sites (tertiary alicyclic amines) is 1. The van der Waals surface area contributed by atoms with E-state index in [-0.39, 0.29) is 36.4 Å². The molecule has 0 bridgehead atoms. The lowest BCUT2D eigenvalue weighted by Gasteiger charge is -2.34. The summed E-state index contributed by atoms with van der Waals surface area (Å²) in [5, 5.41) is 4.17. The smallest absolute Gasteiger partial charge is 0.241 e. The van der Waals surface area contributed by atoms with Crippen LogP contribution in [0.2, 0.25) is 0 Å². The van der Waals surface area contributed by atoms with E-state index in [1.54, 1.807) is 11.3 Å². The van der Waals surface area contributed by atoms with Crippen molar-refractivity contribution < 1.29 is 9.59 Å². The molecule has 2 aromatic rings. The second-order valence-electron chi connectivity index (χ2n) is 8.52. The maximum atomic E-state index is 13.1. The first kappa shape index (κ1) is 21.9. The molecule has 1 saturated heterocycles. The van der Waals surface area contributed by atoms with Gasteiger partial charge in [0.25, 0.3) is 0 Å². The topological polar surface area (TPSA) is 65.5 Å². The SMILES string of the molecule is Cc1ccc2nc(CC(=O)CN[C@H]3CCCN3C(=O)[C@H](C(C)C)N(C)C)sc2c1. The zero-order valence-corrected chi connectivity index (χ0v) is 18.9. The van der Waals surface area contributed by atoms with E-state index in [9.17, 15) is 9.59 Å². The Morgan fingerprint density at radius 2 is 2.10 bits per heavy atom. The second-order valence-corrected chi connectivity index (χ2v) is 9.63. The lowest BCUT2D eigenvalue weighted by molar-refractivity contribution is -0.139. The first-order valence-corrected chi connectivity index (χ1v) is 11.2. The molecule has 1 aromatic carbocycles. The van der Waals surface area contributed by atoms with Gasteiger partial charge in [0.05, 0.1) is 35.4 Å². The number of hydrogen-bond donors (Lipinski definition) is 1. The molecule has 1 aromatic heterocycles. The number of nitrogens with zero attached hydrogens (tertiary/aromatic N) is 3. The van der Waals surface area contributed by atoms with E-state index in [0.717, 1.165) is 34.6 Å². The summed E-state index contributed by atoms with van der Waals surface area (Å²) in [4.78, 5) is 34.1. The third kappa shape index (κ3) is 5.21. The molecule has 1 aliphatic heterocycles. The molecule has 3 rings (SSSR count). The molecule has 7 heteroatoms. The lowest BCUT2D eigenvalue weighted by atomic mass is 10.0. The minimum absolute atomic E-state index is 0.0642. The van der Waals surface area contributed by atoms with Crippen LogP contribution in [-0.4, -0.2) is 65.9 Å². The maximum absolute atomic E-state index is 13.1. The van der Waals surface area contributed by atoms with Gasteiger partial charge in [-0.25, -0.2) is 4.98 Å². The number of likely N-dealkylation sites (N-methyl/N-ethyl adjacent to an activating group) is 1. The Morgan fingerprint density at radius 3 is 2.79 bits per heavy atom. The van der Waals surface area contributed by atoms with Gasteiger partial charge < -0.3 is 4.90 Å². The Morgan fingerprint density at radius 1 is 1.34 bits per heavy atom. The third-order valence-electron chi connectivity index (χ3n) is 5.45. The van der Waals surface area contributed by atoms with Crippen molar-refractivity contribution in [2.75, 3.05) is 27.2 Å². The number of rotatable bonds is 8. The minimum atomic E-state index is -0.140. The molecule has 1 aliphatic rings. The van der Waals surface area contributed by atoms with Crippen molar-refractivity contribution in [2.45, 2.75) is 52.2 Å². The van der Waals surface area contributed by atoms with Crippen molar-refractivity contribution >= 4 is 33.2 Å². The summed E-state index contributed by atoms with van der Waals surface area (Å²) in [6, 6.07) is 6.01. The van der Waals surface area contributed by atoms with Gasteiger partial charge in [0, 0.05) is 6.54 Å². The Hall–Kier alpha value is -1.83. The molecule has 0 unspecified atom stereocenters. The van der Waals surface area contributed by atoms with Gasteiger partial charge in [-0.2, -0.15) is 0 Å². The highest BCUT2D eigenvalue weighted by Gasteiger charge is 2.35. The van der Waals surface area contributed by atoms with Gasteiger partial charge in [-0.1, -0.05) is 19.9 Å². The Bertz CT molecular complexity index is 869. The normalized spacial score (nSPS) is 18.2. The van der Waals surface area contributed by atoms with Crippen LogP contribution < -0.4 is 5.32 Å². The Labute approximate surface area is 177 Å². The van der Waals surface area contributed by atoms with Crippen LogP contribution in [0.1, 0.15) is 37.3 Å². The quantitative estimate of drug-likeness (QED) is 0.717. The average Bonchev–Trinajstić information content (AvgIpc) is 3.24. The van der Waals surface area contributed by atoms with Crippen LogP contribution in [0.25, 0.3) is 10.2 Å². The third-order valence-corrected chi connectivity index (χ3v) is 6.47. The molecule has 1 fully saturated rings. The number of carbonyl (C=O) groups excluding carboxylic acids is 2. The molecular weight excluding hydrogens is 384 g/mol. The molecule has 1 amide bonds. The van der Waals surface area contributed by atoms with Gasteiger partial charge in [0.15, 0.2) is 5.78 Å². The van der Waals surface area contributed by atoms with Crippen molar-refractivity contribution in [2.24, 2.45) is 5.92 Å². The molecule has 2 heterocycles. The van der Waals surface area contributed by atoms with Gasteiger partial charge in [-0.3, -0.25) is 19.8 Å². The number of carbonyl (C=O) groups is 2. The summed E-state index contributed by atoms with van der Waals surface area (Å²) >= 11 is 1.58. The molecule has 2 atom stereocenters. The predicted octanol–water partition coefficient (Wildman–Crippen LogP) is 2.84. The molecule has 29 heavy (non-hydrogen) atoms. The number of thiazole rings is 1. The second kappa shape index (κ2) is 9.32. The number of Topliss-reactive ketones (excluding diaryl/α,β-unsaturated/α-hetero) is 1. The summed E-state index contributed by atoms with van der Waals surface area (Å²) in [5.74, 6) is 0.491. The van der Waals surface area contributed by atoms with Crippen LogP contribution in [-0.2, 0) is 16.0 Å². The predicted molar refractivity (Wildman–Crippen MR) is 118 cm³/mol. The fraction of sp³-hybridized carbons (Fsp3) is 0.591. The van der Waals surface area contributed by atoms with Crippen molar-refractivity contribution in [3.8, 4) is 0 Å². The number of nitrogens with one attached hydrogen (secondary N) is 1. The van der Waals surface area contributed by atoms with Crippen LogP contribution in [0.5, 0.6) is 0 Å². The fourth-order valence-corrected chi connectivity index (χ4v) is 5.23. The summed E-state index contributed by atoms with van der Waals surface area (Å²) in [6.45, 7) is 7.22. The van der Waals surface area contributed by atoms with Gasteiger partial charge in [-0.05, 0) is 57.5 Å². The van der Waals surface area contributed by atoms with E-state index < -0.39 is 0 Å². The molecule has 0 radical (unpaired) electrons. The van der Waals surface area contributed by atoms with Gasteiger partial charge in [0.1, 0.15) is 5.01 Å². The molecule has 1 N–H and O–H groups in total. The van der Waals surface area contributed by atoms with Crippen molar-refractivity contribution in [3.63, 3.8) is 0 Å². The lowest BCUT2D eigenvalue weighted by Crippen LogP contribution is -2.54. The first-order chi connectivity index (χ1) is 13.8. The molecular formula is C22H32N4O2S. The van der Waals surface area contributed by atoms with Crippen LogP contribution in [0.3, 0.4) is 0 Å². The van der Waals surface area contributed by atoms with Gasteiger partial charge in [0.2, 0.25) is 5.91 Å². The fourth-order valence-electron chi connectivity index (χ4n) is 4.13. The van der Waals surface area contributed by atoms with Gasteiger partial charge >= 0.3 is 0 Å². The maximum Gasteiger partial charge on any atom is 0.241 e.